The number of nitrogens with zero attached hydrogens (tertiary/aromatic N) is 2. The van der Waals surface area contributed by atoms with Crippen molar-refractivity contribution >= 4 is 29.1 Å². The second-order valence-corrected chi connectivity index (χ2v) is 5.94. The van der Waals surface area contributed by atoms with Crippen LogP contribution in [0.5, 0.6) is 0 Å². The van der Waals surface area contributed by atoms with Crippen LogP contribution in [-0.2, 0) is 17.8 Å². The summed E-state index contributed by atoms with van der Waals surface area (Å²) in [5, 5.41) is 6.56. The van der Waals surface area contributed by atoms with Crippen LogP contribution in [0.25, 0.3) is 0 Å². The molecule has 0 aliphatic heterocycles. The summed E-state index contributed by atoms with van der Waals surface area (Å²) in [4.78, 5) is 23.9. The highest BCUT2D eigenvalue weighted by molar-refractivity contribution is 6.41. The van der Waals surface area contributed by atoms with E-state index >= 15 is 0 Å². The van der Waals surface area contributed by atoms with Crippen LogP contribution in [0.2, 0.25) is 10.0 Å². The topological polar surface area (TPSA) is 64.0 Å². The van der Waals surface area contributed by atoms with Crippen LogP contribution in [-0.4, -0.2) is 15.7 Å². The van der Waals surface area contributed by atoms with Gasteiger partial charge in [0.1, 0.15) is 11.6 Å². The van der Waals surface area contributed by atoms with E-state index < -0.39 is 5.56 Å². The third-order valence-electron chi connectivity index (χ3n) is 3.50. The van der Waals surface area contributed by atoms with E-state index in [1.54, 1.807) is 0 Å². The Bertz CT molecular complexity index is 757. The zero-order valence-corrected chi connectivity index (χ0v) is 14.4. The number of hydrogen-bond donors (Lipinski definition) is 1. The molecular weight excluding hydrogens is 337 g/mol. The number of hydrogen-bond acceptors (Lipinski definition) is 3. The molecule has 0 radical (unpaired) electrons. The van der Waals surface area contributed by atoms with Gasteiger partial charge in [0.2, 0.25) is 5.91 Å². The minimum atomic E-state index is -0.589. The van der Waals surface area contributed by atoms with Crippen LogP contribution in [0.15, 0.2) is 35.3 Å². The third-order valence-corrected chi connectivity index (χ3v) is 4.25. The molecule has 2 rings (SSSR count). The number of halogens is 2. The van der Waals surface area contributed by atoms with Crippen LogP contribution >= 0.6 is 23.2 Å². The summed E-state index contributed by atoms with van der Waals surface area (Å²) in [6, 6.07) is 7.85. The van der Waals surface area contributed by atoms with Crippen molar-refractivity contribution in [3.8, 4) is 0 Å². The maximum atomic E-state index is 12.1. The van der Waals surface area contributed by atoms with E-state index in [4.69, 9.17) is 23.2 Å². The molecule has 0 saturated heterocycles. The van der Waals surface area contributed by atoms with Crippen molar-refractivity contribution in [1.29, 1.82) is 0 Å². The molecule has 23 heavy (non-hydrogen) atoms. The van der Waals surface area contributed by atoms with E-state index in [0.29, 0.717) is 0 Å². The van der Waals surface area contributed by atoms with Crippen LogP contribution in [0.4, 0.5) is 0 Å². The monoisotopic (exact) mass is 353 g/mol. The Balaban J connectivity index is 2.04. The Morgan fingerprint density at radius 1 is 1.30 bits per heavy atom. The summed E-state index contributed by atoms with van der Waals surface area (Å²) in [6.45, 7) is 3.75. The van der Waals surface area contributed by atoms with Crippen LogP contribution in [0.1, 0.15) is 31.0 Å². The third kappa shape index (κ3) is 4.33. The van der Waals surface area contributed by atoms with Gasteiger partial charge in [-0.1, -0.05) is 54.4 Å². The summed E-state index contributed by atoms with van der Waals surface area (Å²) >= 11 is 11.5. The number of aryl methyl sites for hydroxylation is 1. The normalized spacial score (nSPS) is 12.0. The van der Waals surface area contributed by atoms with Crippen molar-refractivity contribution in [2.24, 2.45) is 0 Å². The summed E-state index contributed by atoms with van der Waals surface area (Å²) < 4.78 is 0.983. The lowest BCUT2D eigenvalue weighted by molar-refractivity contribution is -0.122. The zero-order chi connectivity index (χ0) is 17.0. The predicted molar refractivity (Wildman–Crippen MR) is 90.9 cm³/mol. The lowest BCUT2D eigenvalue weighted by atomic mass is 10.1. The first-order valence-corrected chi connectivity index (χ1v) is 7.97. The summed E-state index contributed by atoms with van der Waals surface area (Å²) in [5.41, 5.74) is 1.64. The Hall–Kier alpha value is -1.85. The first-order valence-electron chi connectivity index (χ1n) is 7.21. The highest BCUT2D eigenvalue weighted by Gasteiger charge is 2.13. The molecule has 0 bridgehead atoms. The second kappa shape index (κ2) is 7.62. The van der Waals surface area contributed by atoms with Crippen molar-refractivity contribution in [2.45, 2.75) is 32.9 Å². The van der Waals surface area contributed by atoms with Crippen molar-refractivity contribution in [3.63, 3.8) is 0 Å². The molecule has 0 unspecified atom stereocenters. The van der Waals surface area contributed by atoms with Gasteiger partial charge in [-0.05, 0) is 24.5 Å². The molecule has 7 heteroatoms. The predicted octanol–water partition coefficient (Wildman–Crippen LogP) is 2.99. The fourth-order valence-electron chi connectivity index (χ4n) is 2.11. The van der Waals surface area contributed by atoms with E-state index in [1.807, 2.05) is 31.2 Å². The molecular formula is C16H17Cl2N3O2. The number of amides is 1. The molecule has 5 nitrogen and oxygen atoms in total. The average molecular weight is 354 g/mol. The van der Waals surface area contributed by atoms with Gasteiger partial charge >= 0.3 is 0 Å². The minimum absolute atomic E-state index is 0.0673. The van der Waals surface area contributed by atoms with E-state index in [0.717, 1.165) is 16.7 Å². The number of benzene rings is 1. The second-order valence-electron chi connectivity index (χ2n) is 5.15. The molecule has 1 N–H and O–H groups in total. The number of carbonyl (C=O) groups is 1. The number of carbonyl (C=O) groups excluding carboxylic acids is 1. The zero-order valence-electron chi connectivity index (χ0n) is 12.8. The molecule has 1 amide bonds. The van der Waals surface area contributed by atoms with Gasteiger partial charge in [-0.15, -0.1) is 0 Å². The largest absolute Gasteiger partial charge is 0.348 e. The Morgan fingerprint density at radius 2 is 1.96 bits per heavy atom. The Morgan fingerprint density at radius 3 is 2.57 bits per heavy atom. The molecule has 0 saturated carbocycles. The highest BCUT2D eigenvalue weighted by Crippen LogP contribution is 2.15. The van der Waals surface area contributed by atoms with Crippen molar-refractivity contribution in [1.82, 2.24) is 15.1 Å². The molecule has 0 aliphatic carbocycles. The van der Waals surface area contributed by atoms with Gasteiger partial charge in [0, 0.05) is 0 Å². The standard InChI is InChI=1S/C16H17Cl2N3O2/c1-3-11-4-6-12(7-5-11)10(2)20-14(22)9-21-16(23)15(18)13(17)8-19-21/h4-8,10H,3,9H2,1-2H3,(H,20,22)/t10-/m0/s1. The Kier molecular flexibility index (Phi) is 5.80. The van der Waals surface area contributed by atoms with E-state index in [2.05, 4.69) is 17.3 Å². The Labute approximate surface area is 144 Å². The quantitative estimate of drug-likeness (QED) is 0.898. The van der Waals surface area contributed by atoms with Crippen molar-refractivity contribution in [3.05, 3.63) is 62.0 Å². The van der Waals surface area contributed by atoms with Gasteiger partial charge in [-0.25, -0.2) is 4.68 Å². The molecule has 2 aromatic rings. The fourth-order valence-corrected chi connectivity index (χ4v) is 2.38. The SMILES string of the molecule is CCc1ccc([C@H](C)NC(=O)Cn2ncc(Cl)c(Cl)c2=O)cc1. The van der Waals surface area contributed by atoms with Gasteiger partial charge in [0.05, 0.1) is 17.3 Å². The first-order chi connectivity index (χ1) is 10.9. The molecule has 0 fully saturated rings. The van der Waals surface area contributed by atoms with Crippen LogP contribution < -0.4 is 10.9 Å². The number of nitrogens with one attached hydrogen (secondary N) is 1. The lowest BCUT2D eigenvalue weighted by Crippen LogP contribution is -2.35. The fraction of sp³-hybridized carbons (Fsp3) is 0.312. The van der Waals surface area contributed by atoms with E-state index in [1.165, 1.54) is 11.8 Å². The van der Waals surface area contributed by atoms with Gasteiger partial charge in [-0.3, -0.25) is 9.59 Å². The summed E-state index contributed by atoms with van der Waals surface area (Å²) in [7, 11) is 0. The molecule has 0 spiro atoms. The van der Waals surface area contributed by atoms with Gasteiger partial charge in [0.15, 0.2) is 0 Å². The molecule has 1 atom stereocenters. The maximum Gasteiger partial charge on any atom is 0.287 e. The van der Waals surface area contributed by atoms with E-state index in [-0.39, 0.29) is 28.5 Å². The lowest BCUT2D eigenvalue weighted by Gasteiger charge is -2.15. The molecule has 1 heterocycles. The smallest absolute Gasteiger partial charge is 0.287 e. The van der Waals surface area contributed by atoms with Gasteiger partial charge in [0.25, 0.3) is 5.56 Å². The van der Waals surface area contributed by atoms with Gasteiger partial charge in [-0.2, -0.15) is 5.10 Å². The molecule has 1 aromatic heterocycles. The highest BCUT2D eigenvalue weighted by atomic mass is 35.5. The van der Waals surface area contributed by atoms with Crippen molar-refractivity contribution < 1.29 is 4.79 Å². The van der Waals surface area contributed by atoms with Crippen LogP contribution in [0, 0.1) is 0 Å². The molecule has 1 aromatic carbocycles. The van der Waals surface area contributed by atoms with Crippen molar-refractivity contribution in [2.75, 3.05) is 0 Å². The number of rotatable bonds is 5. The number of aromatic nitrogens is 2. The van der Waals surface area contributed by atoms with E-state index in [9.17, 15) is 9.59 Å². The minimum Gasteiger partial charge on any atom is -0.348 e. The summed E-state index contributed by atoms with van der Waals surface area (Å²) in [6.07, 6.45) is 2.21. The molecule has 122 valence electrons. The first kappa shape index (κ1) is 17.5. The molecule has 0 aliphatic rings. The average Bonchev–Trinajstić information content (AvgIpc) is 2.55. The van der Waals surface area contributed by atoms with Gasteiger partial charge < -0.3 is 5.32 Å². The van der Waals surface area contributed by atoms with Crippen LogP contribution in [0.3, 0.4) is 0 Å². The maximum absolute atomic E-state index is 12.1. The summed E-state index contributed by atoms with van der Waals surface area (Å²) in [5.74, 6) is -0.329.